The molecular weight excluding hydrogens is 384 g/mol. The highest BCUT2D eigenvalue weighted by Crippen LogP contribution is 2.25. The summed E-state index contributed by atoms with van der Waals surface area (Å²) in [6.07, 6.45) is 15.4. The molecule has 1 aromatic carbocycles. The van der Waals surface area contributed by atoms with Crippen molar-refractivity contribution in [3.05, 3.63) is 84.1 Å². The van der Waals surface area contributed by atoms with Crippen molar-refractivity contribution in [2.75, 3.05) is 7.05 Å². The number of benzene rings is 1. The molecule has 1 aromatic rings. The van der Waals surface area contributed by atoms with Crippen LogP contribution < -0.4 is 5.32 Å². The molecule has 7 nitrogen and oxygen atoms in total. The number of cyclic esters (lactones) is 1. The van der Waals surface area contributed by atoms with Crippen molar-refractivity contribution in [2.24, 2.45) is 4.99 Å². The number of rotatable bonds is 5. The van der Waals surface area contributed by atoms with Gasteiger partial charge in [-0.1, -0.05) is 54.7 Å². The van der Waals surface area contributed by atoms with E-state index in [1.165, 1.54) is 36.7 Å². The second-order valence-corrected chi connectivity index (χ2v) is 6.22. The van der Waals surface area contributed by atoms with Gasteiger partial charge in [0.05, 0.1) is 0 Å². The van der Waals surface area contributed by atoms with Crippen LogP contribution in [0.25, 0.3) is 6.08 Å². The Hall–Kier alpha value is -3.71. The van der Waals surface area contributed by atoms with Gasteiger partial charge in [0.2, 0.25) is 5.91 Å². The van der Waals surface area contributed by atoms with E-state index in [1.807, 2.05) is 0 Å². The molecule has 1 aliphatic heterocycles. The van der Waals surface area contributed by atoms with Crippen LogP contribution in [0.15, 0.2) is 78.0 Å². The molecule has 0 fully saturated rings. The van der Waals surface area contributed by atoms with Crippen LogP contribution >= 0.6 is 0 Å². The lowest BCUT2D eigenvalue weighted by molar-refractivity contribution is -0.115. The maximum atomic E-state index is 12.7. The van der Waals surface area contributed by atoms with Crippen LogP contribution in [0.1, 0.15) is 22.3 Å². The minimum atomic E-state index is -1.09. The second kappa shape index (κ2) is 12.0. The van der Waals surface area contributed by atoms with Crippen LogP contribution in [-0.2, 0) is 9.53 Å². The van der Waals surface area contributed by atoms with E-state index in [0.29, 0.717) is 5.56 Å². The van der Waals surface area contributed by atoms with Crippen molar-refractivity contribution in [1.29, 1.82) is 0 Å². The monoisotopic (exact) mass is 408 g/mol. The van der Waals surface area contributed by atoms with Gasteiger partial charge in [-0.15, -0.1) is 0 Å². The summed E-state index contributed by atoms with van der Waals surface area (Å²) in [5.74, 6) is -1.32. The number of ether oxygens (including phenoxy) is 1. The molecule has 0 radical (unpaired) electrons. The predicted octanol–water partition coefficient (Wildman–Crippen LogP) is 2.69. The number of carbonyl (C=O) groups is 2. The third kappa shape index (κ3) is 7.03. The van der Waals surface area contributed by atoms with E-state index in [9.17, 15) is 19.8 Å². The Bertz CT molecular complexity index is 926. The number of fused-ring (bicyclic) bond motifs is 1. The molecule has 7 heteroatoms. The van der Waals surface area contributed by atoms with Gasteiger partial charge in [-0.05, 0) is 17.7 Å². The number of phenols is 1. The lowest BCUT2D eigenvalue weighted by Crippen LogP contribution is -2.30. The third-order valence-corrected chi connectivity index (χ3v) is 4.03. The zero-order valence-electron chi connectivity index (χ0n) is 16.5. The molecular formula is C23H24N2O5. The van der Waals surface area contributed by atoms with Gasteiger partial charge < -0.3 is 20.3 Å². The van der Waals surface area contributed by atoms with Crippen LogP contribution in [-0.4, -0.2) is 47.6 Å². The number of nitrogens with zero attached hydrogens (tertiary/aromatic N) is 1. The molecule has 2 unspecified atom stereocenters. The minimum Gasteiger partial charge on any atom is -0.507 e. The predicted molar refractivity (Wildman–Crippen MR) is 116 cm³/mol. The summed E-state index contributed by atoms with van der Waals surface area (Å²) in [5.41, 5.74) is 0.511. The average molecular weight is 408 g/mol. The van der Waals surface area contributed by atoms with Crippen molar-refractivity contribution >= 4 is 24.2 Å². The second-order valence-electron chi connectivity index (χ2n) is 6.22. The van der Waals surface area contributed by atoms with Crippen molar-refractivity contribution in [1.82, 2.24) is 5.32 Å². The summed E-state index contributed by atoms with van der Waals surface area (Å²) < 4.78 is 5.48. The molecule has 1 aliphatic rings. The molecule has 30 heavy (non-hydrogen) atoms. The molecule has 2 atom stereocenters. The summed E-state index contributed by atoms with van der Waals surface area (Å²) in [6, 6.07) is 4.70. The van der Waals surface area contributed by atoms with Crippen LogP contribution in [0, 0.1) is 0 Å². The van der Waals surface area contributed by atoms with Gasteiger partial charge in [-0.3, -0.25) is 9.79 Å². The van der Waals surface area contributed by atoms with E-state index in [-0.39, 0.29) is 23.6 Å². The topological polar surface area (TPSA) is 108 Å². The SMILES string of the molecule is C/N=C/C=C\C(=O)N/C=C\CC1OC(=O)c2c(O)cccc2/C=C/C=C\C=C/C1O. The van der Waals surface area contributed by atoms with E-state index < -0.39 is 18.2 Å². The van der Waals surface area contributed by atoms with Crippen LogP contribution in [0.3, 0.4) is 0 Å². The van der Waals surface area contributed by atoms with Crippen molar-refractivity contribution in [2.45, 2.75) is 18.6 Å². The van der Waals surface area contributed by atoms with E-state index >= 15 is 0 Å². The number of hydrogen-bond acceptors (Lipinski definition) is 6. The zero-order chi connectivity index (χ0) is 21.8. The number of carbonyl (C=O) groups excluding carboxylic acids is 2. The van der Waals surface area contributed by atoms with Gasteiger partial charge in [0, 0.05) is 32.0 Å². The first-order valence-electron chi connectivity index (χ1n) is 9.30. The molecule has 0 aliphatic carbocycles. The fourth-order valence-electron chi connectivity index (χ4n) is 2.57. The van der Waals surface area contributed by atoms with Crippen molar-refractivity contribution in [3.8, 4) is 5.75 Å². The highest BCUT2D eigenvalue weighted by molar-refractivity contribution is 5.96. The van der Waals surface area contributed by atoms with Crippen LogP contribution in [0.2, 0.25) is 0 Å². The zero-order valence-corrected chi connectivity index (χ0v) is 16.5. The van der Waals surface area contributed by atoms with Gasteiger partial charge >= 0.3 is 5.97 Å². The highest BCUT2D eigenvalue weighted by atomic mass is 16.6. The number of aliphatic hydroxyl groups excluding tert-OH is 1. The lowest BCUT2D eigenvalue weighted by atomic mass is 10.0. The molecule has 0 aromatic heterocycles. The Balaban J connectivity index is 2.17. The molecule has 2 rings (SSSR count). The molecule has 0 bridgehead atoms. The Morgan fingerprint density at radius 2 is 2.07 bits per heavy atom. The first kappa shape index (κ1) is 22.6. The molecule has 1 amide bonds. The summed E-state index contributed by atoms with van der Waals surface area (Å²) in [5, 5.41) is 23.1. The standard InChI is InChI=1S/C23H24N2O5/c1-24-15-8-14-21(28)25-16-7-13-20-18(26)11-5-3-2-4-9-17-10-6-12-19(27)22(17)23(29)30-20/h2-12,14-16,18,20,26-27H,13H2,1H3,(H,25,28)/b3-2-,9-4+,11-5-,14-8-,16-7-,24-15+. The normalized spacial score (nSPS) is 22.8. The number of amides is 1. The number of phenolic OH excluding ortho intramolecular Hbond substituents is 1. The molecule has 0 saturated heterocycles. The largest absolute Gasteiger partial charge is 0.507 e. The maximum absolute atomic E-state index is 12.7. The fraction of sp³-hybridized carbons (Fsp3) is 0.174. The molecule has 0 saturated carbocycles. The highest BCUT2D eigenvalue weighted by Gasteiger charge is 2.24. The average Bonchev–Trinajstić information content (AvgIpc) is 2.71. The van der Waals surface area contributed by atoms with E-state index in [1.54, 1.807) is 55.6 Å². The number of allylic oxidation sites excluding steroid dienone is 5. The van der Waals surface area contributed by atoms with E-state index in [0.717, 1.165) is 0 Å². The molecule has 0 spiro atoms. The van der Waals surface area contributed by atoms with Gasteiger partial charge in [0.25, 0.3) is 0 Å². The maximum Gasteiger partial charge on any atom is 0.342 e. The van der Waals surface area contributed by atoms with E-state index in [4.69, 9.17) is 4.74 Å². The molecule has 1 heterocycles. The third-order valence-electron chi connectivity index (χ3n) is 4.03. The number of aliphatic hydroxyl groups is 1. The summed E-state index contributed by atoms with van der Waals surface area (Å²) in [7, 11) is 1.59. The Morgan fingerprint density at radius 3 is 2.87 bits per heavy atom. The van der Waals surface area contributed by atoms with Gasteiger partial charge in [-0.2, -0.15) is 0 Å². The van der Waals surface area contributed by atoms with Crippen LogP contribution in [0.5, 0.6) is 5.75 Å². The lowest BCUT2D eigenvalue weighted by Gasteiger charge is -2.21. The van der Waals surface area contributed by atoms with Crippen molar-refractivity contribution < 1.29 is 24.5 Å². The summed E-state index contributed by atoms with van der Waals surface area (Å²) >= 11 is 0. The summed E-state index contributed by atoms with van der Waals surface area (Å²) in [4.78, 5) is 28.0. The number of aromatic hydroxyl groups is 1. The Labute approximate surface area is 175 Å². The van der Waals surface area contributed by atoms with Gasteiger partial charge in [0.1, 0.15) is 23.5 Å². The quantitative estimate of drug-likeness (QED) is 0.394. The summed E-state index contributed by atoms with van der Waals surface area (Å²) in [6.45, 7) is 0. The Morgan fingerprint density at radius 1 is 1.27 bits per heavy atom. The molecule has 156 valence electrons. The minimum absolute atomic E-state index is 0.0175. The number of aliphatic imine (C=N–C) groups is 1. The van der Waals surface area contributed by atoms with Crippen LogP contribution in [0.4, 0.5) is 0 Å². The smallest absolute Gasteiger partial charge is 0.342 e. The van der Waals surface area contributed by atoms with Gasteiger partial charge in [0.15, 0.2) is 0 Å². The first-order chi connectivity index (χ1) is 14.5. The van der Waals surface area contributed by atoms with E-state index in [2.05, 4.69) is 10.3 Å². The Kier molecular flexibility index (Phi) is 9.02. The van der Waals surface area contributed by atoms with Crippen molar-refractivity contribution in [3.63, 3.8) is 0 Å². The number of nitrogens with one attached hydrogen (secondary N) is 1. The number of esters is 1. The first-order valence-corrected chi connectivity index (χ1v) is 9.30. The van der Waals surface area contributed by atoms with Gasteiger partial charge in [-0.25, -0.2) is 4.79 Å². The fourth-order valence-corrected chi connectivity index (χ4v) is 2.57. The molecule has 3 N–H and O–H groups in total. The number of hydrogen-bond donors (Lipinski definition) is 3.